The molecule has 0 N–H and O–H groups in total. The van der Waals surface area contributed by atoms with Crippen molar-refractivity contribution < 1.29 is 9.53 Å². The minimum Gasteiger partial charge on any atom is -0.373 e. The van der Waals surface area contributed by atoms with Crippen molar-refractivity contribution >= 4 is 5.78 Å². The number of rotatable bonds is 6. The van der Waals surface area contributed by atoms with Crippen LogP contribution in [0.15, 0.2) is 12.2 Å². The van der Waals surface area contributed by atoms with Crippen molar-refractivity contribution in [3.8, 4) is 0 Å². The van der Waals surface area contributed by atoms with Crippen LogP contribution in [0.1, 0.15) is 26.7 Å². The zero-order valence-electron chi connectivity index (χ0n) is 7.35. The number of Topliss-reactive ketones (excluding diaryl/α,β-unsaturated/α-hetero) is 1. The molecular weight excluding hydrogens is 140 g/mol. The molecule has 0 aliphatic carbocycles. The number of ether oxygens (including phenoxy) is 1. The third-order valence-electron chi connectivity index (χ3n) is 1.33. The second kappa shape index (κ2) is 6.10. The first-order valence-corrected chi connectivity index (χ1v) is 3.90. The lowest BCUT2D eigenvalue weighted by molar-refractivity contribution is -0.123. The maximum absolute atomic E-state index is 10.7. The fraction of sp³-hybridized carbons (Fsp3) is 0.667. The topological polar surface area (TPSA) is 26.3 Å². The monoisotopic (exact) mass is 156 g/mol. The van der Waals surface area contributed by atoms with Crippen molar-refractivity contribution in [3.63, 3.8) is 0 Å². The molecule has 0 aliphatic rings. The van der Waals surface area contributed by atoms with Gasteiger partial charge >= 0.3 is 0 Å². The number of ketones is 1. The van der Waals surface area contributed by atoms with E-state index in [1.165, 1.54) is 0 Å². The standard InChI is InChI=1S/C9H16O2/c1-4-9(10)7-11-6-5-8(2)3/h2,4-7H2,1,3H3. The van der Waals surface area contributed by atoms with E-state index >= 15 is 0 Å². The van der Waals surface area contributed by atoms with Gasteiger partial charge in [-0.3, -0.25) is 4.79 Å². The first kappa shape index (κ1) is 10.4. The number of carbonyl (C=O) groups is 1. The van der Waals surface area contributed by atoms with Crippen molar-refractivity contribution in [2.75, 3.05) is 13.2 Å². The Balaban J connectivity index is 3.14. The van der Waals surface area contributed by atoms with E-state index in [0.29, 0.717) is 13.0 Å². The highest BCUT2D eigenvalue weighted by Gasteiger charge is 1.96. The van der Waals surface area contributed by atoms with Crippen LogP contribution < -0.4 is 0 Å². The summed E-state index contributed by atoms with van der Waals surface area (Å²) in [5.41, 5.74) is 1.09. The number of hydrogen-bond donors (Lipinski definition) is 0. The van der Waals surface area contributed by atoms with Crippen molar-refractivity contribution in [2.45, 2.75) is 26.7 Å². The Morgan fingerprint density at radius 1 is 1.55 bits per heavy atom. The van der Waals surface area contributed by atoms with Crippen LogP contribution in [-0.2, 0) is 9.53 Å². The highest BCUT2D eigenvalue weighted by molar-refractivity contribution is 5.79. The number of carbonyl (C=O) groups excluding carboxylic acids is 1. The van der Waals surface area contributed by atoms with E-state index in [2.05, 4.69) is 6.58 Å². The molecule has 0 spiro atoms. The summed E-state index contributed by atoms with van der Waals surface area (Å²) in [5.74, 6) is 0.159. The summed E-state index contributed by atoms with van der Waals surface area (Å²) in [6.45, 7) is 8.38. The van der Waals surface area contributed by atoms with Crippen LogP contribution in [0.3, 0.4) is 0 Å². The summed E-state index contributed by atoms with van der Waals surface area (Å²) < 4.78 is 5.09. The molecule has 0 amide bonds. The molecular formula is C9H16O2. The van der Waals surface area contributed by atoms with E-state index < -0.39 is 0 Å². The Morgan fingerprint density at radius 3 is 2.64 bits per heavy atom. The average molecular weight is 156 g/mol. The molecule has 0 saturated carbocycles. The fourth-order valence-corrected chi connectivity index (χ4v) is 0.534. The maximum atomic E-state index is 10.7. The minimum atomic E-state index is 0.159. The first-order valence-electron chi connectivity index (χ1n) is 3.90. The van der Waals surface area contributed by atoms with Crippen molar-refractivity contribution in [2.24, 2.45) is 0 Å². The van der Waals surface area contributed by atoms with Crippen LogP contribution in [0.25, 0.3) is 0 Å². The summed E-state index contributed by atoms with van der Waals surface area (Å²) >= 11 is 0. The Bertz CT molecular complexity index is 138. The highest BCUT2D eigenvalue weighted by Crippen LogP contribution is 1.95. The lowest BCUT2D eigenvalue weighted by atomic mass is 10.3. The molecule has 0 atom stereocenters. The largest absolute Gasteiger partial charge is 0.373 e. The molecule has 2 heteroatoms. The minimum absolute atomic E-state index is 0.159. The molecule has 0 fully saturated rings. The van der Waals surface area contributed by atoms with E-state index in [1.54, 1.807) is 0 Å². The Morgan fingerprint density at radius 2 is 2.18 bits per heavy atom. The summed E-state index contributed by atoms with van der Waals surface area (Å²) in [6, 6.07) is 0. The zero-order chi connectivity index (χ0) is 8.69. The average Bonchev–Trinajstić information content (AvgIpc) is 1.97. The predicted molar refractivity (Wildman–Crippen MR) is 45.5 cm³/mol. The van der Waals surface area contributed by atoms with Gasteiger partial charge in [0.15, 0.2) is 5.78 Å². The predicted octanol–water partition coefficient (Wildman–Crippen LogP) is 1.95. The van der Waals surface area contributed by atoms with Gasteiger partial charge in [0.05, 0.1) is 6.61 Å². The maximum Gasteiger partial charge on any atom is 0.158 e. The van der Waals surface area contributed by atoms with E-state index in [0.717, 1.165) is 12.0 Å². The number of hydrogen-bond acceptors (Lipinski definition) is 2. The van der Waals surface area contributed by atoms with Crippen molar-refractivity contribution in [3.05, 3.63) is 12.2 Å². The molecule has 0 aromatic rings. The fourth-order valence-electron chi connectivity index (χ4n) is 0.534. The Labute approximate surface area is 68.2 Å². The Hall–Kier alpha value is -0.630. The van der Waals surface area contributed by atoms with Crippen molar-refractivity contribution in [1.82, 2.24) is 0 Å². The van der Waals surface area contributed by atoms with Gasteiger partial charge in [0.25, 0.3) is 0 Å². The molecule has 0 radical (unpaired) electrons. The van der Waals surface area contributed by atoms with Gasteiger partial charge in [-0.2, -0.15) is 0 Å². The van der Waals surface area contributed by atoms with E-state index in [4.69, 9.17) is 4.74 Å². The molecule has 0 bridgehead atoms. The van der Waals surface area contributed by atoms with Crippen LogP contribution in [-0.4, -0.2) is 19.0 Å². The first-order chi connectivity index (χ1) is 5.16. The van der Waals surface area contributed by atoms with Crippen molar-refractivity contribution in [1.29, 1.82) is 0 Å². The summed E-state index contributed by atoms with van der Waals surface area (Å²) in [4.78, 5) is 10.7. The third kappa shape index (κ3) is 7.26. The van der Waals surface area contributed by atoms with Crippen LogP contribution >= 0.6 is 0 Å². The van der Waals surface area contributed by atoms with Gasteiger partial charge < -0.3 is 4.74 Å². The quantitative estimate of drug-likeness (QED) is 0.434. The molecule has 0 aliphatic heterocycles. The summed E-state index contributed by atoms with van der Waals surface area (Å²) in [5, 5.41) is 0. The lowest BCUT2D eigenvalue weighted by Gasteiger charge is -2.01. The zero-order valence-corrected chi connectivity index (χ0v) is 7.35. The molecule has 0 aromatic heterocycles. The normalized spacial score (nSPS) is 9.64. The molecule has 0 saturated heterocycles. The molecule has 0 aromatic carbocycles. The second-order valence-corrected chi connectivity index (χ2v) is 2.65. The SMILES string of the molecule is C=C(C)CCOCC(=O)CC. The van der Waals surface area contributed by atoms with E-state index in [9.17, 15) is 4.79 Å². The van der Waals surface area contributed by atoms with Gasteiger partial charge in [-0.1, -0.05) is 12.5 Å². The molecule has 64 valence electrons. The van der Waals surface area contributed by atoms with Gasteiger partial charge in [0.1, 0.15) is 6.61 Å². The molecule has 11 heavy (non-hydrogen) atoms. The smallest absolute Gasteiger partial charge is 0.158 e. The van der Waals surface area contributed by atoms with Gasteiger partial charge in [0, 0.05) is 6.42 Å². The van der Waals surface area contributed by atoms with E-state index in [1.807, 2.05) is 13.8 Å². The van der Waals surface area contributed by atoms with Gasteiger partial charge in [-0.15, -0.1) is 6.58 Å². The second-order valence-electron chi connectivity index (χ2n) is 2.65. The van der Waals surface area contributed by atoms with Gasteiger partial charge in [-0.05, 0) is 13.3 Å². The van der Waals surface area contributed by atoms with Crippen LogP contribution in [0.5, 0.6) is 0 Å². The van der Waals surface area contributed by atoms with Gasteiger partial charge in [0.2, 0.25) is 0 Å². The molecule has 0 heterocycles. The summed E-state index contributed by atoms with van der Waals surface area (Å²) in [6.07, 6.45) is 1.41. The van der Waals surface area contributed by atoms with Crippen LogP contribution in [0, 0.1) is 0 Å². The van der Waals surface area contributed by atoms with Crippen LogP contribution in [0.4, 0.5) is 0 Å². The Kier molecular flexibility index (Phi) is 5.75. The lowest BCUT2D eigenvalue weighted by Crippen LogP contribution is -2.07. The van der Waals surface area contributed by atoms with Crippen LogP contribution in [0.2, 0.25) is 0 Å². The summed E-state index contributed by atoms with van der Waals surface area (Å²) in [7, 11) is 0. The van der Waals surface area contributed by atoms with E-state index in [-0.39, 0.29) is 12.4 Å². The van der Waals surface area contributed by atoms with Gasteiger partial charge in [-0.25, -0.2) is 0 Å². The molecule has 2 nitrogen and oxygen atoms in total. The molecule has 0 unspecified atom stereocenters. The third-order valence-corrected chi connectivity index (χ3v) is 1.33. The molecule has 0 rings (SSSR count). The highest BCUT2D eigenvalue weighted by atomic mass is 16.5.